The van der Waals surface area contributed by atoms with Gasteiger partial charge in [0.15, 0.2) is 0 Å². The fraction of sp³-hybridized carbons (Fsp3) is 1.00. The van der Waals surface area contributed by atoms with Crippen molar-refractivity contribution in [3.8, 4) is 0 Å². The fourth-order valence-electron chi connectivity index (χ4n) is 1.79. The summed E-state index contributed by atoms with van der Waals surface area (Å²) in [5.74, 6) is 0. The molecular formula is C11H26N2O. The molecule has 0 aromatic carbocycles. The molecule has 1 atom stereocenters. The van der Waals surface area contributed by atoms with Gasteiger partial charge in [-0.1, -0.05) is 6.92 Å². The maximum Gasteiger partial charge on any atom is 0.0589 e. The minimum atomic E-state index is 0.587. The molecule has 3 nitrogen and oxygen atoms in total. The van der Waals surface area contributed by atoms with Gasteiger partial charge in [-0.3, -0.25) is 4.90 Å². The molecular weight excluding hydrogens is 176 g/mol. The molecule has 0 spiro atoms. The molecule has 0 aliphatic heterocycles. The van der Waals surface area contributed by atoms with Crippen LogP contribution in [0.25, 0.3) is 0 Å². The van der Waals surface area contributed by atoms with Crippen LogP contribution in [0, 0.1) is 0 Å². The van der Waals surface area contributed by atoms with E-state index < -0.39 is 0 Å². The van der Waals surface area contributed by atoms with Gasteiger partial charge in [-0.2, -0.15) is 0 Å². The van der Waals surface area contributed by atoms with Crippen LogP contribution in [-0.2, 0) is 4.74 Å². The molecule has 0 fully saturated rings. The van der Waals surface area contributed by atoms with Crippen LogP contribution in [0.15, 0.2) is 0 Å². The van der Waals surface area contributed by atoms with Crippen LogP contribution < -0.4 is 5.32 Å². The largest absolute Gasteiger partial charge is 0.383 e. The highest BCUT2D eigenvalue weighted by Gasteiger charge is 2.18. The SMILES string of the molecule is CCC(CNC)N(CCOC)C(C)C. The van der Waals surface area contributed by atoms with E-state index in [1.807, 2.05) is 7.05 Å². The maximum absolute atomic E-state index is 5.13. The van der Waals surface area contributed by atoms with Crippen molar-refractivity contribution >= 4 is 0 Å². The number of hydrogen-bond acceptors (Lipinski definition) is 3. The van der Waals surface area contributed by atoms with E-state index in [-0.39, 0.29) is 0 Å². The Morgan fingerprint density at radius 3 is 2.36 bits per heavy atom. The van der Waals surface area contributed by atoms with Crippen LogP contribution in [0.3, 0.4) is 0 Å². The molecule has 0 aromatic rings. The van der Waals surface area contributed by atoms with Crippen molar-refractivity contribution in [3.05, 3.63) is 0 Å². The molecule has 3 heteroatoms. The van der Waals surface area contributed by atoms with Crippen LogP contribution in [0.1, 0.15) is 27.2 Å². The fourth-order valence-corrected chi connectivity index (χ4v) is 1.79. The predicted molar refractivity (Wildman–Crippen MR) is 61.7 cm³/mol. The van der Waals surface area contributed by atoms with E-state index in [9.17, 15) is 0 Å². The van der Waals surface area contributed by atoms with Crippen LogP contribution in [0.5, 0.6) is 0 Å². The summed E-state index contributed by atoms with van der Waals surface area (Å²) in [6.45, 7) is 9.62. The van der Waals surface area contributed by atoms with Crippen molar-refractivity contribution < 1.29 is 4.74 Å². The summed E-state index contributed by atoms with van der Waals surface area (Å²) in [6.07, 6.45) is 1.18. The van der Waals surface area contributed by atoms with E-state index in [2.05, 4.69) is 31.0 Å². The van der Waals surface area contributed by atoms with Crippen LogP contribution >= 0.6 is 0 Å². The van der Waals surface area contributed by atoms with Crippen molar-refractivity contribution in [1.82, 2.24) is 10.2 Å². The van der Waals surface area contributed by atoms with Crippen LogP contribution in [-0.4, -0.2) is 50.8 Å². The Balaban J connectivity index is 4.12. The number of likely N-dealkylation sites (N-methyl/N-ethyl adjacent to an activating group) is 1. The molecule has 0 radical (unpaired) electrons. The summed E-state index contributed by atoms with van der Waals surface area (Å²) in [5.41, 5.74) is 0. The third-order valence-electron chi connectivity index (χ3n) is 2.60. The zero-order valence-electron chi connectivity index (χ0n) is 10.3. The van der Waals surface area contributed by atoms with Crippen molar-refractivity contribution in [2.24, 2.45) is 0 Å². The van der Waals surface area contributed by atoms with Crippen molar-refractivity contribution in [1.29, 1.82) is 0 Å². The van der Waals surface area contributed by atoms with Crippen LogP contribution in [0.4, 0.5) is 0 Å². The molecule has 0 saturated heterocycles. The van der Waals surface area contributed by atoms with Gasteiger partial charge in [0.25, 0.3) is 0 Å². The minimum absolute atomic E-state index is 0.587. The van der Waals surface area contributed by atoms with E-state index in [1.54, 1.807) is 7.11 Å². The zero-order chi connectivity index (χ0) is 11.0. The molecule has 0 aliphatic rings. The second kappa shape index (κ2) is 8.21. The van der Waals surface area contributed by atoms with E-state index >= 15 is 0 Å². The lowest BCUT2D eigenvalue weighted by atomic mass is 10.1. The second-order valence-electron chi connectivity index (χ2n) is 3.94. The summed E-state index contributed by atoms with van der Waals surface area (Å²) in [5, 5.41) is 3.25. The van der Waals surface area contributed by atoms with Crippen molar-refractivity contribution in [2.75, 3.05) is 33.9 Å². The summed E-state index contributed by atoms with van der Waals surface area (Å²) >= 11 is 0. The van der Waals surface area contributed by atoms with Gasteiger partial charge in [-0.25, -0.2) is 0 Å². The van der Waals surface area contributed by atoms with Crippen LogP contribution in [0.2, 0.25) is 0 Å². The number of rotatable bonds is 8. The Labute approximate surface area is 88.8 Å². The third kappa shape index (κ3) is 4.94. The summed E-state index contributed by atoms with van der Waals surface area (Å²) < 4.78 is 5.13. The quantitative estimate of drug-likeness (QED) is 0.643. The minimum Gasteiger partial charge on any atom is -0.383 e. The monoisotopic (exact) mass is 202 g/mol. The highest BCUT2D eigenvalue weighted by molar-refractivity contribution is 4.75. The number of nitrogens with one attached hydrogen (secondary N) is 1. The molecule has 14 heavy (non-hydrogen) atoms. The predicted octanol–water partition coefficient (Wildman–Crippen LogP) is 1.34. The molecule has 0 aliphatic carbocycles. The Kier molecular flexibility index (Phi) is 8.14. The van der Waals surface area contributed by atoms with Gasteiger partial charge in [-0.15, -0.1) is 0 Å². The zero-order valence-corrected chi connectivity index (χ0v) is 10.3. The lowest BCUT2D eigenvalue weighted by Gasteiger charge is -2.34. The van der Waals surface area contributed by atoms with E-state index in [1.165, 1.54) is 6.42 Å². The number of hydrogen-bond donors (Lipinski definition) is 1. The first-order valence-electron chi connectivity index (χ1n) is 5.56. The Bertz CT molecular complexity index is 128. The molecule has 0 aromatic heterocycles. The summed E-state index contributed by atoms with van der Waals surface area (Å²) in [4.78, 5) is 2.50. The number of ether oxygens (including phenoxy) is 1. The van der Waals surface area contributed by atoms with Crippen molar-refractivity contribution in [3.63, 3.8) is 0 Å². The lowest BCUT2D eigenvalue weighted by molar-refractivity contribution is 0.0936. The van der Waals surface area contributed by atoms with Gasteiger partial charge in [0, 0.05) is 32.3 Å². The molecule has 86 valence electrons. The van der Waals surface area contributed by atoms with Gasteiger partial charge in [0.2, 0.25) is 0 Å². The maximum atomic E-state index is 5.13. The number of nitrogens with zero attached hydrogens (tertiary/aromatic N) is 1. The normalized spacial score (nSPS) is 13.9. The Hall–Kier alpha value is -0.120. The summed E-state index contributed by atoms with van der Waals surface area (Å²) in [6, 6.07) is 1.21. The van der Waals surface area contributed by atoms with E-state index in [0.717, 1.165) is 19.7 Å². The molecule has 0 rings (SSSR count). The van der Waals surface area contributed by atoms with E-state index in [0.29, 0.717) is 12.1 Å². The molecule has 0 amide bonds. The van der Waals surface area contributed by atoms with Gasteiger partial charge in [0.1, 0.15) is 0 Å². The highest BCUT2D eigenvalue weighted by atomic mass is 16.5. The third-order valence-corrected chi connectivity index (χ3v) is 2.60. The topological polar surface area (TPSA) is 24.5 Å². The van der Waals surface area contributed by atoms with Gasteiger partial charge in [-0.05, 0) is 27.3 Å². The van der Waals surface area contributed by atoms with E-state index in [4.69, 9.17) is 4.74 Å². The van der Waals surface area contributed by atoms with Gasteiger partial charge >= 0.3 is 0 Å². The standard InChI is InChI=1S/C11H26N2O/c1-6-11(9-12-4)13(10(2)3)7-8-14-5/h10-12H,6-9H2,1-5H3. The van der Waals surface area contributed by atoms with Gasteiger partial charge < -0.3 is 10.1 Å². The second-order valence-corrected chi connectivity index (χ2v) is 3.94. The molecule has 0 heterocycles. The Morgan fingerprint density at radius 1 is 1.36 bits per heavy atom. The van der Waals surface area contributed by atoms with Gasteiger partial charge in [0.05, 0.1) is 6.61 Å². The first kappa shape index (κ1) is 13.9. The highest BCUT2D eigenvalue weighted by Crippen LogP contribution is 2.08. The molecule has 1 N–H and O–H groups in total. The lowest BCUT2D eigenvalue weighted by Crippen LogP contribution is -2.46. The van der Waals surface area contributed by atoms with Crippen molar-refractivity contribution in [2.45, 2.75) is 39.3 Å². The Morgan fingerprint density at radius 2 is 2.00 bits per heavy atom. The smallest absolute Gasteiger partial charge is 0.0589 e. The average molecular weight is 202 g/mol. The first-order valence-corrected chi connectivity index (χ1v) is 5.56. The molecule has 0 bridgehead atoms. The first-order chi connectivity index (χ1) is 6.67. The molecule has 1 unspecified atom stereocenters. The number of methoxy groups -OCH3 is 1. The molecule has 0 saturated carbocycles. The average Bonchev–Trinajstić information content (AvgIpc) is 2.16. The summed E-state index contributed by atoms with van der Waals surface area (Å²) in [7, 11) is 3.77.